The molecule has 0 saturated carbocycles. The Kier molecular flexibility index (Phi) is 7.66. The van der Waals surface area contributed by atoms with Crippen molar-refractivity contribution in [1.29, 1.82) is 5.26 Å². The number of nitrogens with one attached hydrogen (secondary N) is 1. The number of rotatable bonds is 5. The summed E-state index contributed by atoms with van der Waals surface area (Å²) in [5, 5.41) is 12.5. The number of benzene rings is 3. The number of ether oxygens (including phenoxy) is 1. The van der Waals surface area contributed by atoms with Crippen molar-refractivity contribution in [3.8, 4) is 17.6 Å². The van der Waals surface area contributed by atoms with E-state index in [4.69, 9.17) is 27.9 Å². The Morgan fingerprint density at radius 2 is 1.69 bits per heavy atom. The van der Waals surface area contributed by atoms with E-state index in [1.807, 2.05) is 6.07 Å². The minimum Gasteiger partial charge on any atom is -0.456 e. The van der Waals surface area contributed by atoms with Gasteiger partial charge in [0.2, 0.25) is 10.0 Å². The lowest BCUT2D eigenvalue weighted by molar-refractivity contribution is 0.184. The van der Waals surface area contributed by atoms with Gasteiger partial charge in [-0.3, -0.25) is 0 Å². The van der Waals surface area contributed by atoms with Crippen LogP contribution in [0.25, 0.3) is 0 Å². The first kappa shape index (κ1) is 25.7. The zero-order chi connectivity index (χ0) is 25.9. The molecule has 2 amide bonds. The highest BCUT2D eigenvalue weighted by Crippen LogP contribution is 2.34. The van der Waals surface area contributed by atoms with Crippen molar-refractivity contribution in [1.82, 2.24) is 9.21 Å². The van der Waals surface area contributed by atoms with Gasteiger partial charge in [0.15, 0.2) is 0 Å². The molecule has 0 unspecified atom stereocenters. The summed E-state index contributed by atoms with van der Waals surface area (Å²) in [5.41, 5.74) is 0.435. The molecular formula is C24H19Cl2FN4O4S. The molecule has 1 N–H and O–H groups in total. The molecule has 186 valence electrons. The number of anilines is 1. The van der Waals surface area contributed by atoms with Crippen LogP contribution >= 0.6 is 23.2 Å². The maximum Gasteiger partial charge on any atom is 0.321 e. The second-order valence-corrected chi connectivity index (χ2v) is 10.6. The Morgan fingerprint density at radius 1 is 1.00 bits per heavy atom. The first-order valence-corrected chi connectivity index (χ1v) is 12.8. The largest absolute Gasteiger partial charge is 0.456 e. The SMILES string of the molecule is N#Cc1ccc(Oc2cc(Cl)cc(Cl)c2)c(S(=O)(=O)N2CCN(C(=O)Nc3cccc(F)c3)CC2)c1. The van der Waals surface area contributed by atoms with E-state index >= 15 is 0 Å². The molecule has 1 aliphatic rings. The molecular weight excluding hydrogens is 530 g/mol. The van der Waals surface area contributed by atoms with Gasteiger partial charge in [-0.25, -0.2) is 17.6 Å². The fourth-order valence-corrected chi connectivity index (χ4v) is 5.69. The average Bonchev–Trinajstić information content (AvgIpc) is 2.83. The fourth-order valence-electron chi connectivity index (χ4n) is 3.62. The number of carbonyl (C=O) groups excluding carboxylic acids is 1. The maximum absolute atomic E-state index is 13.5. The molecule has 0 atom stereocenters. The van der Waals surface area contributed by atoms with Gasteiger partial charge in [0.25, 0.3) is 0 Å². The maximum atomic E-state index is 13.5. The summed E-state index contributed by atoms with van der Waals surface area (Å²) in [6.07, 6.45) is 0. The highest BCUT2D eigenvalue weighted by atomic mass is 35.5. The van der Waals surface area contributed by atoms with Gasteiger partial charge in [-0.15, -0.1) is 0 Å². The lowest BCUT2D eigenvalue weighted by atomic mass is 10.2. The highest BCUT2D eigenvalue weighted by Gasteiger charge is 2.33. The number of nitriles is 1. The summed E-state index contributed by atoms with van der Waals surface area (Å²) in [7, 11) is -4.10. The summed E-state index contributed by atoms with van der Waals surface area (Å²) in [6, 6.07) is 15.5. The van der Waals surface area contributed by atoms with Crippen LogP contribution in [0.3, 0.4) is 0 Å². The number of amides is 2. The van der Waals surface area contributed by atoms with Gasteiger partial charge < -0.3 is 15.0 Å². The molecule has 8 nitrogen and oxygen atoms in total. The van der Waals surface area contributed by atoms with Crippen molar-refractivity contribution in [2.24, 2.45) is 0 Å². The van der Waals surface area contributed by atoms with Gasteiger partial charge in [0, 0.05) is 41.9 Å². The van der Waals surface area contributed by atoms with Crippen LogP contribution in [-0.2, 0) is 10.0 Å². The van der Waals surface area contributed by atoms with Crippen LogP contribution in [0.5, 0.6) is 11.5 Å². The van der Waals surface area contributed by atoms with E-state index in [0.717, 1.165) is 0 Å². The van der Waals surface area contributed by atoms with Crippen molar-refractivity contribution in [2.45, 2.75) is 4.90 Å². The minimum absolute atomic E-state index is 0.00129. The molecule has 0 aromatic heterocycles. The summed E-state index contributed by atoms with van der Waals surface area (Å²) >= 11 is 12.0. The third-order valence-corrected chi connectivity index (χ3v) is 7.71. The van der Waals surface area contributed by atoms with E-state index in [1.165, 1.54) is 63.8 Å². The van der Waals surface area contributed by atoms with Crippen LogP contribution in [-0.4, -0.2) is 49.8 Å². The zero-order valence-electron chi connectivity index (χ0n) is 18.6. The molecule has 0 aliphatic carbocycles. The van der Waals surface area contributed by atoms with Crippen LogP contribution in [0.15, 0.2) is 65.6 Å². The van der Waals surface area contributed by atoms with Crippen molar-refractivity contribution in [2.75, 3.05) is 31.5 Å². The van der Waals surface area contributed by atoms with Crippen molar-refractivity contribution < 1.29 is 22.3 Å². The summed E-state index contributed by atoms with van der Waals surface area (Å²) < 4.78 is 47.5. The van der Waals surface area contributed by atoms with E-state index in [-0.39, 0.29) is 48.1 Å². The topological polar surface area (TPSA) is 103 Å². The Labute approximate surface area is 217 Å². The Bertz CT molecular complexity index is 1430. The van der Waals surface area contributed by atoms with E-state index in [1.54, 1.807) is 6.07 Å². The molecule has 1 fully saturated rings. The molecule has 0 spiro atoms. The van der Waals surface area contributed by atoms with Gasteiger partial charge in [0.05, 0.1) is 11.6 Å². The van der Waals surface area contributed by atoms with Crippen LogP contribution in [0.4, 0.5) is 14.9 Å². The van der Waals surface area contributed by atoms with Gasteiger partial charge in [-0.2, -0.15) is 9.57 Å². The number of piperazine rings is 1. The number of nitrogens with zero attached hydrogens (tertiary/aromatic N) is 3. The zero-order valence-corrected chi connectivity index (χ0v) is 20.9. The lowest BCUT2D eigenvalue weighted by Gasteiger charge is -2.34. The molecule has 4 rings (SSSR count). The first-order chi connectivity index (χ1) is 17.2. The molecule has 1 aliphatic heterocycles. The van der Waals surface area contributed by atoms with Gasteiger partial charge in [-0.1, -0.05) is 29.3 Å². The monoisotopic (exact) mass is 548 g/mol. The molecule has 3 aromatic rings. The van der Waals surface area contributed by atoms with E-state index in [9.17, 15) is 22.9 Å². The smallest absolute Gasteiger partial charge is 0.321 e. The third-order valence-electron chi connectivity index (χ3n) is 5.36. The fraction of sp³-hybridized carbons (Fsp3) is 0.167. The predicted molar refractivity (Wildman–Crippen MR) is 133 cm³/mol. The number of sulfonamides is 1. The second kappa shape index (κ2) is 10.7. The van der Waals surface area contributed by atoms with Crippen LogP contribution < -0.4 is 10.1 Å². The Hall–Kier alpha value is -3.36. The number of carbonyl (C=O) groups is 1. The van der Waals surface area contributed by atoms with Crippen LogP contribution in [0.1, 0.15) is 5.56 Å². The molecule has 0 bridgehead atoms. The molecule has 3 aromatic carbocycles. The number of urea groups is 1. The highest BCUT2D eigenvalue weighted by molar-refractivity contribution is 7.89. The summed E-state index contributed by atoms with van der Waals surface area (Å²) in [6.45, 7) is 0.243. The molecule has 1 saturated heterocycles. The molecule has 36 heavy (non-hydrogen) atoms. The van der Waals surface area contributed by atoms with E-state index in [0.29, 0.717) is 15.7 Å². The number of hydrogen-bond acceptors (Lipinski definition) is 5. The standard InChI is InChI=1S/C24H19Cl2FN4O4S/c25-17-11-18(26)13-21(12-17)35-22-5-4-16(15-28)10-23(22)36(33,34)31-8-6-30(7-9-31)24(32)29-20-3-1-2-19(27)14-20/h1-5,10-14H,6-9H2,(H,29,32). The average molecular weight is 549 g/mol. The molecule has 1 heterocycles. The minimum atomic E-state index is -4.10. The lowest BCUT2D eigenvalue weighted by Crippen LogP contribution is -2.51. The van der Waals surface area contributed by atoms with Crippen LogP contribution in [0.2, 0.25) is 10.0 Å². The van der Waals surface area contributed by atoms with Crippen molar-refractivity contribution >= 4 is 44.9 Å². The van der Waals surface area contributed by atoms with E-state index in [2.05, 4.69) is 5.32 Å². The normalized spacial score (nSPS) is 14.2. The Balaban J connectivity index is 1.52. The molecule has 12 heteroatoms. The van der Waals surface area contributed by atoms with Crippen molar-refractivity contribution in [3.63, 3.8) is 0 Å². The number of hydrogen-bond donors (Lipinski definition) is 1. The second-order valence-electron chi connectivity index (χ2n) is 7.81. The van der Waals surface area contributed by atoms with Crippen molar-refractivity contribution in [3.05, 3.63) is 82.1 Å². The van der Waals surface area contributed by atoms with E-state index < -0.39 is 21.9 Å². The summed E-state index contributed by atoms with van der Waals surface area (Å²) in [4.78, 5) is 13.8. The Morgan fingerprint density at radius 3 is 2.33 bits per heavy atom. The van der Waals surface area contributed by atoms with Crippen LogP contribution in [0, 0.1) is 17.1 Å². The number of halogens is 3. The first-order valence-electron chi connectivity index (χ1n) is 10.7. The quantitative estimate of drug-likeness (QED) is 0.463. The van der Waals surface area contributed by atoms with Gasteiger partial charge in [0.1, 0.15) is 22.2 Å². The molecule has 0 radical (unpaired) electrons. The predicted octanol–water partition coefficient (Wildman–Crippen LogP) is 5.33. The summed E-state index contributed by atoms with van der Waals surface area (Å²) in [5.74, 6) is -0.257. The van der Waals surface area contributed by atoms with Gasteiger partial charge in [-0.05, 0) is 54.6 Å². The third kappa shape index (κ3) is 5.88. The van der Waals surface area contributed by atoms with Gasteiger partial charge >= 0.3 is 6.03 Å².